The van der Waals surface area contributed by atoms with E-state index in [-0.39, 0.29) is 12.1 Å². The normalized spacial score (nSPS) is 13.5. The highest BCUT2D eigenvalue weighted by molar-refractivity contribution is 5.92. The topological polar surface area (TPSA) is 143 Å². The Labute approximate surface area is 268 Å². The number of hydrogen-bond acceptors (Lipinski definition) is 5. The summed E-state index contributed by atoms with van der Waals surface area (Å²) in [4.78, 5) is 37.5. The number of aliphatic carboxylic acids is 1. The second kappa shape index (κ2) is 15.8. The highest BCUT2D eigenvalue weighted by Gasteiger charge is 2.38. The lowest BCUT2D eigenvalue weighted by atomic mass is 9.96. The second-order valence-electron chi connectivity index (χ2n) is 10.9. The maximum absolute atomic E-state index is 12.7. The van der Waals surface area contributed by atoms with Gasteiger partial charge < -0.3 is 30.2 Å². The first-order valence-electron chi connectivity index (χ1n) is 15.1. The molecule has 0 spiro atoms. The predicted molar refractivity (Wildman–Crippen MR) is 171 cm³/mol. The van der Waals surface area contributed by atoms with Crippen LogP contribution in [0.1, 0.15) is 56.8 Å². The van der Waals surface area contributed by atoms with Crippen molar-refractivity contribution in [2.45, 2.75) is 64.2 Å². The first-order chi connectivity index (χ1) is 22.4. The van der Waals surface area contributed by atoms with Gasteiger partial charge in [0.2, 0.25) is 0 Å². The van der Waals surface area contributed by atoms with Crippen LogP contribution in [0.25, 0.3) is 28.2 Å². The summed E-state index contributed by atoms with van der Waals surface area (Å²) in [5, 5.41) is 22.3. The van der Waals surface area contributed by atoms with Gasteiger partial charge in [-0.15, -0.1) is 0 Å². The van der Waals surface area contributed by atoms with E-state index in [1.165, 1.54) is 6.42 Å². The van der Waals surface area contributed by atoms with E-state index in [9.17, 15) is 22.8 Å². The smallest absolute Gasteiger partial charge is 0.475 e. The number of alkyl halides is 3. The standard InChI is InChI=1S/C32H34N4O4.C2HF3O2/c1-2-3-13-30-35-27-19-18-25(34-31(37)33-24-9-5-4-6-10-24)20-28(27)36(30)21-22-14-16-23(17-15-22)26-11-7-8-12-29(26)40-32(38)39;3-2(4,5)1(6)7/h3,7-8,11-20,24H,2,4-6,9-10,21H2,1H3,(H,38,39)(H2,33,34,37);(H,6,7)/b13-3+;. The number of carboxylic acids is 1. The monoisotopic (exact) mass is 652 g/mol. The number of aromatic nitrogens is 2. The number of nitrogens with zero attached hydrogens (tertiary/aromatic N) is 2. The molecule has 1 saturated carbocycles. The van der Waals surface area contributed by atoms with Crippen molar-refractivity contribution in [1.29, 1.82) is 0 Å². The van der Waals surface area contributed by atoms with E-state index in [1.807, 2.05) is 60.7 Å². The van der Waals surface area contributed by atoms with E-state index in [4.69, 9.17) is 24.7 Å². The number of benzene rings is 3. The van der Waals surface area contributed by atoms with Crippen LogP contribution in [0, 0.1) is 0 Å². The molecule has 10 nitrogen and oxygen atoms in total. The number of allylic oxidation sites excluding steroid dienone is 1. The number of carboxylic acid groups (broad SMARTS) is 2. The maximum Gasteiger partial charge on any atom is 0.511 e. The van der Waals surface area contributed by atoms with Gasteiger partial charge in [0.1, 0.15) is 11.6 Å². The number of anilines is 1. The number of fused-ring (bicyclic) bond motifs is 1. The first-order valence-corrected chi connectivity index (χ1v) is 15.1. The van der Waals surface area contributed by atoms with Gasteiger partial charge in [0, 0.05) is 23.8 Å². The molecular weight excluding hydrogens is 617 g/mol. The fourth-order valence-electron chi connectivity index (χ4n) is 5.20. The van der Waals surface area contributed by atoms with Crippen molar-refractivity contribution in [3.63, 3.8) is 0 Å². The van der Waals surface area contributed by atoms with Gasteiger partial charge in [0.15, 0.2) is 0 Å². The van der Waals surface area contributed by atoms with Crippen molar-refractivity contribution in [1.82, 2.24) is 14.9 Å². The lowest BCUT2D eigenvalue weighted by molar-refractivity contribution is -0.192. The Balaban J connectivity index is 0.000000644. The van der Waals surface area contributed by atoms with Crippen LogP contribution in [0.15, 0.2) is 72.8 Å². The summed E-state index contributed by atoms with van der Waals surface area (Å²) in [7, 11) is 0. The van der Waals surface area contributed by atoms with Crippen LogP contribution in [-0.2, 0) is 11.3 Å². The second-order valence-corrected chi connectivity index (χ2v) is 10.9. The van der Waals surface area contributed by atoms with E-state index in [1.54, 1.807) is 12.1 Å². The number of nitrogens with one attached hydrogen (secondary N) is 2. The molecule has 1 heterocycles. The maximum atomic E-state index is 12.7. The minimum Gasteiger partial charge on any atom is -0.475 e. The van der Waals surface area contributed by atoms with Gasteiger partial charge in [-0.05, 0) is 60.7 Å². The number of hydrogen-bond donors (Lipinski definition) is 4. The molecule has 248 valence electrons. The summed E-state index contributed by atoms with van der Waals surface area (Å²) in [6, 6.07) is 20.9. The summed E-state index contributed by atoms with van der Waals surface area (Å²) in [6.45, 7) is 2.66. The largest absolute Gasteiger partial charge is 0.511 e. The quantitative estimate of drug-likeness (QED) is 0.111. The SMILES string of the molecule is CC/C=C/c1nc2ccc(NC(=O)NC3CCCCC3)cc2n1Cc1ccc(-c2ccccc2OC(=O)O)cc1.O=C(O)C(F)(F)F. The van der Waals surface area contributed by atoms with E-state index in [0.29, 0.717) is 17.9 Å². The number of amides is 2. The van der Waals surface area contributed by atoms with Gasteiger partial charge in [0.25, 0.3) is 0 Å². The third kappa shape index (κ3) is 9.83. The molecule has 2 amide bonds. The number of halogens is 3. The molecule has 0 bridgehead atoms. The van der Waals surface area contributed by atoms with Gasteiger partial charge >= 0.3 is 24.3 Å². The van der Waals surface area contributed by atoms with Crippen LogP contribution in [0.2, 0.25) is 0 Å². The van der Waals surface area contributed by atoms with Crippen LogP contribution in [0.5, 0.6) is 5.75 Å². The molecule has 1 aromatic heterocycles. The van der Waals surface area contributed by atoms with Crippen LogP contribution >= 0.6 is 0 Å². The van der Waals surface area contributed by atoms with Crippen LogP contribution in [0.4, 0.5) is 28.4 Å². The number of imidazole rings is 1. The molecule has 1 fully saturated rings. The fraction of sp³-hybridized carbons (Fsp3) is 0.294. The van der Waals surface area contributed by atoms with Crippen molar-refractivity contribution in [2.75, 3.05) is 5.32 Å². The number of urea groups is 1. The Kier molecular flexibility index (Phi) is 11.6. The first kappa shape index (κ1) is 34.5. The molecule has 3 aromatic carbocycles. The third-order valence-corrected chi connectivity index (χ3v) is 7.41. The van der Waals surface area contributed by atoms with Crippen LogP contribution in [-0.4, -0.2) is 50.1 Å². The molecule has 1 aliphatic rings. The molecular formula is C34H35F3N4O6. The Morgan fingerprint density at radius 1 is 1.00 bits per heavy atom. The van der Waals surface area contributed by atoms with Gasteiger partial charge in [0.05, 0.1) is 11.0 Å². The van der Waals surface area contributed by atoms with Gasteiger partial charge in [-0.1, -0.05) is 74.7 Å². The molecule has 4 aromatic rings. The highest BCUT2D eigenvalue weighted by atomic mass is 19.4. The summed E-state index contributed by atoms with van der Waals surface area (Å²) < 4.78 is 38.8. The lowest BCUT2D eigenvalue weighted by Crippen LogP contribution is -2.39. The van der Waals surface area contributed by atoms with E-state index in [2.05, 4.69) is 28.2 Å². The van der Waals surface area contributed by atoms with Crippen molar-refractivity contribution in [3.05, 3.63) is 84.2 Å². The summed E-state index contributed by atoms with van der Waals surface area (Å²) in [5.74, 6) is -1.62. The Morgan fingerprint density at radius 3 is 2.32 bits per heavy atom. The average Bonchev–Trinajstić information content (AvgIpc) is 3.37. The number of para-hydroxylation sites is 1. The zero-order valence-electron chi connectivity index (χ0n) is 25.6. The predicted octanol–water partition coefficient (Wildman–Crippen LogP) is 8.32. The summed E-state index contributed by atoms with van der Waals surface area (Å²) in [5.41, 5.74) is 5.12. The van der Waals surface area contributed by atoms with Crippen LogP contribution < -0.4 is 15.4 Å². The van der Waals surface area contributed by atoms with E-state index >= 15 is 0 Å². The molecule has 0 unspecified atom stereocenters. The molecule has 0 aliphatic heterocycles. The zero-order valence-corrected chi connectivity index (χ0v) is 25.6. The zero-order chi connectivity index (χ0) is 34.0. The van der Waals surface area contributed by atoms with Gasteiger partial charge in [-0.3, -0.25) is 0 Å². The Hall–Kier alpha value is -5.33. The Morgan fingerprint density at radius 2 is 1.68 bits per heavy atom. The molecule has 5 rings (SSSR count). The van der Waals surface area contributed by atoms with Gasteiger partial charge in [-0.2, -0.15) is 13.2 Å². The van der Waals surface area contributed by atoms with Crippen molar-refractivity contribution in [2.24, 2.45) is 0 Å². The molecule has 0 radical (unpaired) electrons. The van der Waals surface area contributed by atoms with Crippen molar-refractivity contribution >= 4 is 41.0 Å². The number of rotatable bonds is 8. The molecule has 13 heteroatoms. The third-order valence-electron chi connectivity index (χ3n) is 7.41. The van der Waals surface area contributed by atoms with E-state index in [0.717, 1.165) is 65.8 Å². The minimum atomic E-state index is -5.08. The van der Waals surface area contributed by atoms with Crippen molar-refractivity contribution < 1.29 is 42.5 Å². The summed E-state index contributed by atoms with van der Waals surface area (Å²) in [6.07, 6.45) is 4.19. The molecule has 1 aliphatic carbocycles. The number of carbonyl (C=O) groups is 3. The molecule has 47 heavy (non-hydrogen) atoms. The number of ether oxygens (including phenoxy) is 1. The van der Waals surface area contributed by atoms with Crippen LogP contribution in [0.3, 0.4) is 0 Å². The molecule has 0 saturated heterocycles. The highest BCUT2D eigenvalue weighted by Crippen LogP contribution is 2.31. The van der Waals surface area contributed by atoms with Gasteiger partial charge in [-0.25, -0.2) is 19.4 Å². The summed E-state index contributed by atoms with van der Waals surface area (Å²) >= 11 is 0. The molecule has 4 N–H and O–H groups in total. The lowest BCUT2D eigenvalue weighted by Gasteiger charge is -2.22. The minimum absolute atomic E-state index is 0.175. The number of carbonyl (C=O) groups excluding carboxylic acids is 1. The fourth-order valence-corrected chi connectivity index (χ4v) is 5.20. The Bertz CT molecular complexity index is 1730. The average molecular weight is 653 g/mol. The molecule has 0 atom stereocenters. The van der Waals surface area contributed by atoms with E-state index < -0.39 is 18.3 Å². The van der Waals surface area contributed by atoms with Crippen molar-refractivity contribution in [3.8, 4) is 16.9 Å².